The van der Waals surface area contributed by atoms with E-state index in [1.165, 1.54) is 6.33 Å². The highest BCUT2D eigenvalue weighted by atomic mass is 35.5. The molecule has 0 fully saturated rings. The zero-order valence-electron chi connectivity index (χ0n) is 16.7. The molecule has 0 saturated heterocycles. The van der Waals surface area contributed by atoms with Crippen LogP contribution in [0.15, 0.2) is 59.6 Å². The van der Waals surface area contributed by atoms with Crippen molar-refractivity contribution in [3.8, 4) is 22.8 Å². The maximum atomic E-state index is 12.5. The Bertz CT molecular complexity index is 1160. The molecule has 4 rings (SSSR count). The van der Waals surface area contributed by atoms with Crippen molar-refractivity contribution in [1.29, 1.82) is 0 Å². The summed E-state index contributed by atoms with van der Waals surface area (Å²) in [6.45, 7) is 2.53. The molecule has 9 nitrogen and oxygen atoms in total. The van der Waals surface area contributed by atoms with E-state index >= 15 is 0 Å². The van der Waals surface area contributed by atoms with Crippen LogP contribution in [0.25, 0.3) is 17.1 Å². The Labute approximate surface area is 183 Å². The molecule has 2 aromatic carbocycles. The van der Waals surface area contributed by atoms with E-state index in [-0.39, 0.29) is 12.3 Å². The third-order valence-corrected chi connectivity index (χ3v) is 4.59. The van der Waals surface area contributed by atoms with E-state index in [0.29, 0.717) is 41.1 Å². The molecule has 1 amide bonds. The van der Waals surface area contributed by atoms with Crippen LogP contribution in [-0.4, -0.2) is 37.4 Å². The minimum atomic E-state index is -0.218. The molecule has 0 bridgehead atoms. The minimum absolute atomic E-state index is 0.161. The first-order chi connectivity index (χ1) is 15.1. The van der Waals surface area contributed by atoms with Crippen molar-refractivity contribution in [2.24, 2.45) is 0 Å². The Morgan fingerprint density at radius 2 is 2.06 bits per heavy atom. The van der Waals surface area contributed by atoms with Gasteiger partial charge in [-0.1, -0.05) is 16.8 Å². The molecule has 0 saturated carbocycles. The van der Waals surface area contributed by atoms with E-state index in [0.717, 1.165) is 11.3 Å². The number of hydrogen-bond acceptors (Lipinski definition) is 7. The fraction of sp³-hybridized carbons (Fsp3) is 0.190. The van der Waals surface area contributed by atoms with Crippen molar-refractivity contribution in [1.82, 2.24) is 24.9 Å². The minimum Gasteiger partial charge on any atom is -0.494 e. The van der Waals surface area contributed by atoms with Gasteiger partial charge in [-0.15, -0.1) is 0 Å². The number of carbonyl (C=O) groups excluding carboxylic acids is 1. The average molecular weight is 439 g/mol. The van der Waals surface area contributed by atoms with Gasteiger partial charge in [0.15, 0.2) is 0 Å². The molecule has 0 aliphatic heterocycles. The number of rotatable bonds is 8. The number of aromatic nitrogens is 5. The fourth-order valence-corrected chi connectivity index (χ4v) is 3.09. The van der Waals surface area contributed by atoms with Gasteiger partial charge in [0, 0.05) is 23.4 Å². The number of benzene rings is 2. The van der Waals surface area contributed by atoms with Gasteiger partial charge in [0.25, 0.3) is 0 Å². The second-order valence-electron chi connectivity index (χ2n) is 6.52. The molecule has 1 N–H and O–H groups in total. The lowest BCUT2D eigenvalue weighted by Crippen LogP contribution is -2.14. The summed E-state index contributed by atoms with van der Waals surface area (Å²) in [5.41, 5.74) is 1.99. The lowest BCUT2D eigenvalue weighted by Gasteiger charge is -2.11. The molecule has 0 aliphatic rings. The molecule has 2 aromatic heterocycles. The summed E-state index contributed by atoms with van der Waals surface area (Å²) >= 11 is 6.09. The maximum Gasteiger partial charge on any atom is 0.227 e. The summed E-state index contributed by atoms with van der Waals surface area (Å²) in [5, 5.41) is 11.4. The molecule has 4 aromatic rings. The van der Waals surface area contributed by atoms with Crippen LogP contribution in [0, 0.1) is 0 Å². The monoisotopic (exact) mass is 438 g/mol. The van der Waals surface area contributed by atoms with Gasteiger partial charge < -0.3 is 14.6 Å². The molecule has 0 radical (unpaired) electrons. The summed E-state index contributed by atoms with van der Waals surface area (Å²) in [4.78, 5) is 20.8. The molecule has 10 heteroatoms. The van der Waals surface area contributed by atoms with Crippen LogP contribution >= 0.6 is 11.6 Å². The van der Waals surface area contributed by atoms with E-state index in [4.69, 9.17) is 20.9 Å². The van der Waals surface area contributed by atoms with Gasteiger partial charge in [-0.2, -0.15) is 10.1 Å². The number of halogens is 1. The third kappa shape index (κ3) is 5.07. The van der Waals surface area contributed by atoms with Gasteiger partial charge in [-0.05, 0) is 49.4 Å². The van der Waals surface area contributed by atoms with Gasteiger partial charge in [0.1, 0.15) is 18.4 Å². The predicted octanol–water partition coefficient (Wildman–Crippen LogP) is 3.94. The number of amides is 1. The Morgan fingerprint density at radius 3 is 2.81 bits per heavy atom. The highest BCUT2D eigenvalue weighted by molar-refractivity contribution is 6.31. The first-order valence-electron chi connectivity index (χ1n) is 9.62. The van der Waals surface area contributed by atoms with Gasteiger partial charge in [0.05, 0.1) is 18.0 Å². The summed E-state index contributed by atoms with van der Waals surface area (Å²) in [7, 11) is 0. The Kier molecular flexibility index (Phi) is 6.23. The number of nitrogens with zero attached hydrogens (tertiary/aromatic N) is 5. The quantitative estimate of drug-likeness (QED) is 0.443. The predicted molar refractivity (Wildman–Crippen MR) is 114 cm³/mol. The van der Waals surface area contributed by atoms with Crippen LogP contribution in [0.3, 0.4) is 0 Å². The summed E-state index contributed by atoms with van der Waals surface area (Å²) in [6, 6.07) is 12.5. The molecule has 31 heavy (non-hydrogen) atoms. The number of nitrogens with one attached hydrogen (secondary N) is 1. The normalized spacial score (nSPS) is 10.8. The zero-order valence-corrected chi connectivity index (χ0v) is 17.4. The van der Waals surface area contributed by atoms with E-state index in [1.807, 2.05) is 31.2 Å². The van der Waals surface area contributed by atoms with Crippen LogP contribution in [0.4, 0.5) is 5.69 Å². The van der Waals surface area contributed by atoms with Crippen LogP contribution in [0.2, 0.25) is 5.02 Å². The molecule has 0 unspecified atom stereocenters. The SMILES string of the molecule is CCOc1ccc(-c2noc(CCC(=O)Nc3cc(Cl)ccc3-n3cncn3)n2)cc1. The highest BCUT2D eigenvalue weighted by Gasteiger charge is 2.13. The van der Waals surface area contributed by atoms with Crippen molar-refractivity contribution in [3.05, 3.63) is 66.0 Å². The first kappa shape index (κ1) is 20.5. The van der Waals surface area contributed by atoms with Gasteiger partial charge in [-0.3, -0.25) is 4.79 Å². The van der Waals surface area contributed by atoms with Crippen molar-refractivity contribution >= 4 is 23.2 Å². The molecular formula is C21H19ClN6O3. The topological polar surface area (TPSA) is 108 Å². The fourth-order valence-electron chi connectivity index (χ4n) is 2.91. The smallest absolute Gasteiger partial charge is 0.227 e. The summed E-state index contributed by atoms with van der Waals surface area (Å²) in [5.74, 6) is 1.39. The van der Waals surface area contributed by atoms with Crippen LogP contribution in [0.5, 0.6) is 5.75 Å². The second kappa shape index (κ2) is 9.40. The number of hydrogen-bond donors (Lipinski definition) is 1. The van der Waals surface area contributed by atoms with Crippen LogP contribution in [-0.2, 0) is 11.2 Å². The molecule has 0 spiro atoms. The van der Waals surface area contributed by atoms with Crippen molar-refractivity contribution < 1.29 is 14.1 Å². The van der Waals surface area contributed by atoms with Gasteiger partial charge in [-0.25, -0.2) is 9.67 Å². The van der Waals surface area contributed by atoms with Crippen LogP contribution in [0.1, 0.15) is 19.2 Å². The summed E-state index contributed by atoms with van der Waals surface area (Å²) < 4.78 is 12.3. The molecular weight excluding hydrogens is 420 g/mol. The molecule has 0 atom stereocenters. The zero-order chi connectivity index (χ0) is 21.6. The Morgan fingerprint density at radius 1 is 1.23 bits per heavy atom. The lowest BCUT2D eigenvalue weighted by atomic mass is 10.2. The molecule has 2 heterocycles. The van der Waals surface area contributed by atoms with Crippen molar-refractivity contribution in [2.45, 2.75) is 19.8 Å². The number of ether oxygens (including phenoxy) is 1. The van der Waals surface area contributed by atoms with Crippen molar-refractivity contribution in [2.75, 3.05) is 11.9 Å². The highest BCUT2D eigenvalue weighted by Crippen LogP contribution is 2.24. The lowest BCUT2D eigenvalue weighted by molar-refractivity contribution is -0.116. The van der Waals surface area contributed by atoms with E-state index in [1.54, 1.807) is 29.2 Å². The average Bonchev–Trinajstić information content (AvgIpc) is 3.46. The van der Waals surface area contributed by atoms with E-state index < -0.39 is 0 Å². The van der Waals surface area contributed by atoms with Crippen molar-refractivity contribution in [3.63, 3.8) is 0 Å². The van der Waals surface area contributed by atoms with E-state index in [2.05, 4.69) is 25.5 Å². The maximum absolute atomic E-state index is 12.5. The third-order valence-electron chi connectivity index (χ3n) is 4.36. The first-order valence-corrected chi connectivity index (χ1v) is 10.0. The second-order valence-corrected chi connectivity index (χ2v) is 6.96. The summed E-state index contributed by atoms with van der Waals surface area (Å²) in [6.07, 6.45) is 3.42. The van der Waals surface area contributed by atoms with E-state index in [9.17, 15) is 4.79 Å². The largest absolute Gasteiger partial charge is 0.494 e. The number of carbonyl (C=O) groups is 1. The number of anilines is 1. The van der Waals surface area contributed by atoms with Crippen LogP contribution < -0.4 is 10.1 Å². The van der Waals surface area contributed by atoms with Gasteiger partial charge in [0.2, 0.25) is 17.6 Å². The molecule has 0 aliphatic carbocycles. The Balaban J connectivity index is 1.38. The standard InChI is InChI=1S/C21H19ClN6O3/c1-2-30-16-6-3-14(4-7-16)21-26-20(31-27-21)10-9-19(29)25-17-11-15(22)5-8-18(17)28-13-23-12-24-28/h3-8,11-13H,2,9-10H2,1H3,(H,25,29). The Hall–Kier alpha value is -3.72. The molecule has 158 valence electrons. The number of aryl methyl sites for hydroxylation is 1. The van der Waals surface area contributed by atoms with Gasteiger partial charge >= 0.3 is 0 Å².